The number of carbonyl (C=O) groups excluding carboxylic acids is 1. The normalized spacial score (nSPS) is 11.1. The van der Waals surface area contributed by atoms with E-state index >= 15 is 0 Å². The Morgan fingerprint density at radius 3 is 2.72 bits per heavy atom. The number of hydrogen-bond acceptors (Lipinski definition) is 3. The Morgan fingerprint density at radius 1 is 1.39 bits per heavy atom. The van der Waals surface area contributed by atoms with Crippen LogP contribution in [0.5, 0.6) is 5.75 Å². The fourth-order valence-electron chi connectivity index (χ4n) is 1.51. The molecule has 0 spiro atoms. The van der Waals surface area contributed by atoms with Gasteiger partial charge in [0.15, 0.2) is 5.60 Å². The first-order chi connectivity index (χ1) is 8.49. The SMILES string of the molecule is CCOC(=O)C(C)(C)Oc1cccc(CCBr)c1. The molecule has 0 heterocycles. The van der Waals surface area contributed by atoms with Gasteiger partial charge in [-0.2, -0.15) is 0 Å². The van der Waals surface area contributed by atoms with Crippen molar-refractivity contribution in [2.45, 2.75) is 32.8 Å². The van der Waals surface area contributed by atoms with Gasteiger partial charge in [0, 0.05) is 5.33 Å². The first-order valence-corrected chi connectivity index (χ1v) is 7.13. The van der Waals surface area contributed by atoms with Gasteiger partial charge < -0.3 is 9.47 Å². The lowest BCUT2D eigenvalue weighted by atomic mass is 10.1. The number of ether oxygens (including phenoxy) is 2. The molecule has 1 rings (SSSR count). The van der Waals surface area contributed by atoms with E-state index in [2.05, 4.69) is 15.9 Å². The zero-order chi connectivity index (χ0) is 13.6. The standard InChI is InChI=1S/C14H19BrO3/c1-4-17-13(16)14(2,3)18-12-7-5-6-11(10-12)8-9-15/h5-7,10H,4,8-9H2,1-3H3. The van der Waals surface area contributed by atoms with Crippen LogP contribution in [-0.2, 0) is 16.0 Å². The molecule has 1 aromatic rings. The number of halogens is 1. The Balaban J connectivity index is 2.76. The van der Waals surface area contributed by atoms with E-state index in [9.17, 15) is 4.79 Å². The molecule has 0 aliphatic carbocycles. The zero-order valence-corrected chi connectivity index (χ0v) is 12.6. The minimum atomic E-state index is -0.969. The van der Waals surface area contributed by atoms with Crippen molar-refractivity contribution in [2.75, 3.05) is 11.9 Å². The Labute approximate surface area is 117 Å². The van der Waals surface area contributed by atoms with Crippen molar-refractivity contribution in [3.8, 4) is 5.75 Å². The number of hydrogen-bond donors (Lipinski definition) is 0. The van der Waals surface area contributed by atoms with Crippen molar-refractivity contribution in [1.82, 2.24) is 0 Å². The summed E-state index contributed by atoms with van der Waals surface area (Å²) >= 11 is 3.40. The van der Waals surface area contributed by atoms with E-state index in [0.717, 1.165) is 11.8 Å². The minimum Gasteiger partial charge on any atom is -0.476 e. The van der Waals surface area contributed by atoms with Gasteiger partial charge in [-0.05, 0) is 44.9 Å². The summed E-state index contributed by atoms with van der Waals surface area (Å²) in [5.41, 5.74) is 0.201. The second-order valence-corrected chi connectivity index (χ2v) is 5.21. The van der Waals surface area contributed by atoms with Gasteiger partial charge in [-0.15, -0.1) is 0 Å². The van der Waals surface area contributed by atoms with Gasteiger partial charge in [-0.25, -0.2) is 4.79 Å². The van der Waals surface area contributed by atoms with Crippen LogP contribution in [0, 0.1) is 0 Å². The Morgan fingerprint density at radius 2 is 2.11 bits per heavy atom. The second kappa shape index (κ2) is 6.78. The van der Waals surface area contributed by atoms with E-state index in [1.807, 2.05) is 24.3 Å². The van der Waals surface area contributed by atoms with Crippen LogP contribution < -0.4 is 4.74 Å². The highest BCUT2D eigenvalue weighted by Gasteiger charge is 2.31. The highest BCUT2D eigenvalue weighted by molar-refractivity contribution is 9.09. The molecule has 0 aliphatic heterocycles. The van der Waals surface area contributed by atoms with Crippen LogP contribution in [0.3, 0.4) is 0 Å². The third-order valence-electron chi connectivity index (χ3n) is 2.42. The first-order valence-electron chi connectivity index (χ1n) is 6.00. The van der Waals surface area contributed by atoms with Crippen LogP contribution in [0.15, 0.2) is 24.3 Å². The molecule has 4 heteroatoms. The van der Waals surface area contributed by atoms with Gasteiger partial charge in [-0.1, -0.05) is 28.1 Å². The summed E-state index contributed by atoms with van der Waals surface area (Å²) in [6.45, 7) is 5.56. The number of rotatable bonds is 6. The summed E-state index contributed by atoms with van der Waals surface area (Å²) < 4.78 is 10.7. The topological polar surface area (TPSA) is 35.5 Å². The van der Waals surface area contributed by atoms with E-state index in [-0.39, 0.29) is 5.97 Å². The molecular weight excluding hydrogens is 296 g/mol. The molecule has 0 saturated heterocycles. The first kappa shape index (κ1) is 15.0. The van der Waals surface area contributed by atoms with Crippen molar-refractivity contribution in [1.29, 1.82) is 0 Å². The average Bonchev–Trinajstić information content (AvgIpc) is 2.29. The molecule has 0 fully saturated rings. The number of benzene rings is 1. The highest BCUT2D eigenvalue weighted by Crippen LogP contribution is 2.21. The maximum absolute atomic E-state index is 11.7. The Bertz CT molecular complexity index is 402. The van der Waals surface area contributed by atoms with Gasteiger partial charge in [0.25, 0.3) is 0 Å². The summed E-state index contributed by atoms with van der Waals surface area (Å²) in [7, 11) is 0. The number of alkyl halides is 1. The third kappa shape index (κ3) is 4.33. The van der Waals surface area contributed by atoms with E-state index in [1.54, 1.807) is 20.8 Å². The van der Waals surface area contributed by atoms with Crippen LogP contribution in [0.1, 0.15) is 26.3 Å². The predicted molar refractivity (Wildman–Crippen MR) is 75.3 cm³/mol. The third-order valence-corrected chi connectivity index (χ3v) is 2.82. The molecule has 0 unspecified atom stereocenters. The molecule has 18 heavy (non-hydrogen) atoms. The van der Waals surface area contributed by atoms with E-state index in [1.165, 1.54) is 5.56 Å². The predicted octanol–water partition coefficient (Wildman–Crippen LogP) is 3.34. The van der Waals surface area contributed by atoms with E-state index in [0.29, 0.717) is 12.4 Å². The van der Waals surface area contributed by atoms with Gasteiger partial charge >= 0.3 is 5.97 Å². The van der Waals surface area contributed by atoms with Crippen molar-refractivity contribution < 1.29 is 14.3 Å². The summed E-state index contributed by atoms with van der Waals surface area (Å²) in [6, 6.07) is 7.75. The van der Waals surface area contributed by atoms with Crippen molar-refractivity contribution >= 4 is 21.9 Å². The van der Waals surface area contributed by atoms with Crippen LogP contribution >= 0.6 is 15.9 Å². The Hall–Kier alpha value is -1.03. The molecule has 3 nitrogen and oxygen atoms in total. The summed E-state index contributed by atoms with van der Waals surface area (Å²) in [5.74, 6) is 0.336. The van der Waals surface area contributed by atoms with Gasteiger partial charge in [-0.3, -0.25) is 0 Å². The summed E-state index contributed by atoms with van der Waals surface area (Å²) in [6.07, 6.45) is 0.928. The van der Waals surface area contributed by atoms with Crippen LogP contribution in [-0.4, -0.2) is 23.5 Å². The Kier molecular flexibility index (Phi) is 5.66. The summed E-state index contributed by atoms with van der Waals surface area (Å²) in [4.78, 5) is 11.7. The van der Waals surface area contributed by atoms with Crippen molar-refractivity contribution in [3.05, 3.63) is 29.8 Å². The molecular formula is C14H19BrO3. The molecule has 0 N–H and O–H groups in total. The van der Waals surface area contributed by atoms with Crippen LogP contribution in [0.2, 0.25) is 0 Å². The average molecular weight is 315 g/mol. The smallest absolute Gasteiger partial charge is 0.349 e. The quantitative estimate of drug-likeness (QED) is 0.596. The van der Waals surface area contributed by atoms with Gasteiger partial charge in [0.05, 0.1) is 6.61 Å². The summed E-state index contributed by atoms with van der Waals surface area (Å²) in [5, 5.41) is 0.901. The van der Waals surface area contributed by atoms with E-state index in [4.69, 9.17) is 9.47 Å². The highest BCUT2D eigenvalue weighted by atomic mass is 79.9. The van der Waals surface area contributed by atoms with Crippen LogP contribution in [0.25, 0.3) is 0 Å². The molecule has 1 aromatic carbocycles. The lowest BCUT2D eigenvalue weighted by Gasteiger charge is -2.24. The minimum absolute atomic E-state index is 0.351. The van der Waals surface area contributed by atoms with Gasteiger partial charge in [0.2, 0.25) is 0 Å². The number of carbonyl (C=O) groups is 1. The van der Waals surface area contributed by atoms with Crippen LogP contribution in [0.4, 0.5) is 0 Å². The largest absolute Gasteiger partial charge is 0.476 e. The number of aryl methyl sites for hydroxylation is 1. The molecule has 0 aromatic heterocycles. The molecule has 0 aliphatic rings. The van der Waals surface area contributed by atoms with Gasteiger partial charge in [0.1, 0.15) is 5.75 Å². The molecule has 0 radical (unpaired) electrons. The maximum Gasteiger partial charge on any atom is 0.349 e. The van der Waals surface area contributed by atoms with Crippen molar-refractivity contribution in [2.24, 2.45) is 0 Å². The van der Waals surface area contributed by atoms with Crippen molar-refractivity contribution in [3.63, 3.8) is 0 Å². The lowest BCUT2D eigenvalue weighted by molar-refractivity contribution is -0.158. The second-order valence-electron chi connectivity index (χ2n) is 4.42. The number of esters is 1. The molecule has 100 valence electrons. The maximum atomic E-state index is 11.7. The molecule has 0 bridgehead atoms. The molecule has 0 amide bonds. The fraction of sp³-hybridized carbons (Fsp3) is 0.500. The molecule has 0 saturated carbocycles. The fourth-order valence-corrected chi connectivity index (χ4v) is 1.97. The lowest BCUT2D eigenvalue weighted by Crippen LogP contribution is -2.39. The zero-order valence-electron chi connectivity index (χ0n) is 11.0. The van der Waals surface area contributed by atoms with E-state index < -0.39 is 5.60 Å². The monoisotopic (exact) mass is 314 g/mol. The molecule has 0 atom stereocenters.